The van der Waals surface area contributed by atoms with Crippen LogP contribution in [-0.4, -0.2) is 92.4 Å². The van der Waals surface area contributed by atoms with Gasteiger partial charge in [-0.05, 0) is 112 Å². The summed E-state index contributed by atoms with van der Waals surface area (Å²) in [7, 11) is 9.52. The molecule has 0 unspecified atom stereocenters. The Balaban J connectivity index is 0.865. The lowest BCUT2D eigenvalue weighted by Gasteiger charge is -2.31. The molecule has 0 radical (unpaired) electrons. The largest absolute Gasteiger partial charge is 0.327 e. The number of rotatable bonds is 13. The second-order valence-corrected chi connectivity index (χ2v) is 17.2. The van der Waals surface area contributed by atoms with Crippen molar-refractivity contribution in [1.82, 2.24) is 29.1 Å². The van der Waals surface area contributed by atoms with Crippen molar-refractivity contribution >= 4 is 66.2 Å². The molecule has 0 atom stereocenters. The second-order valence-electron chi connectivity index (χ2n) is 17.2. The van der Waals surface area contributed by atoms with Gasteiger partial charge in [0.05, 0.1) is 101 Å². The van der Waals surface area contributed by atoms with Gasteiger partial charge in [-0.15, -0.1) is 0 Å². The number of benzene rings is 4. The van der Waals surface area contributed by atoms with Crippen molar-refractivity contribution in [1.29, 1.82) is 0 Å². The average molecular weight is 721 g/mol. The van der Waals surface area contributed by atoms with Crippen LogP contribution in [0.3, 0.4) is 0 Å². The van der Waals surface area contributed by atoms with Gasteiger partial charge in [0.25, 0.3) is 0 Å². The third kappa shape index (κ3) is 6.93. The van der Waals surface area contributed by atoms with Gasteiger partial charge in [-0.2, -0.15) is 0 Å². The number of unbranched alkanes of at least 4 members (excludes halogenated alkanes) is 3. The number of nitrogens with zero attached hydrogens (tertiary/aromatic N) is 8. The molecule has 0 bridgehead atoms. The van der Waals surface area contributed by atoms with E-state index in [1.807, 2.05) is 0 Å². The van der Waals surface area contributed by atoms with E-state index in [9.17, 15) is 0 Å². The lowest BCUT2D eigenvalue weighted by Crippen LogP contribution is -2.43. The van der Waals surface area contributed by atoms with Gasteiger partial charge in [0.2, 0.25) is 0 Å². The summed E-state index contributed by atoms with van der Waals surface area (Å²) in [6.07, 6.45) is 5.01. The molecule has 8 aromatic rings. The van der Waals surface area contributed by atoms with Gasteiger partial charge >= 0.3 is 0 Å². The van der Waals surface area contributed by atoms with Gasteiger partial charge < -0.3 is 18.1 Å². The maximum atomic E-state index is 5.19. The molecule has 54 heavy (non-hydrogen) atoms. The Morgan fingerprint density at radius 3 is 1.19 bits per heavy atom. The van der Waals surface area contributed by atoms with Crippen molar-refractivity contribution in [3.05, 3.63) is 95.1 Å². The van der Waals surface area contributed by atoms with E-state index in [0.717, 1.165) is 79.5 Å². The van der Waals surface area contributed by atoms with E-state index < -0.39 is 0 Å². The molecule has 0 saturated heterocycles. The first-order chi connectivity index (χ1) is 25.9. The van der Waals surface area contributed by atoms with E-state index in [-0.39, 0.29) is 0 Å². The highest BCUT2D eigenvalue weighted by Crippen LogP contribution is 2.31. The van der Waals surface area contributed by atoms with Crippen LogP contribution in [0.2, 0.25) is 0 Å². The average Bonchev–Trinajstić information content (AvgIpc) is 3.61. The van der Waals surface area contributed by atoms with Crippen LogP contribution in [0, 0.1) is 27.7 Å². The summed E-state index contributed by atoms with van der Waals surface area (Å²) < 4.78 is 6.79. The van der Waals surface area contributed by atoms with E-state index >= 15 is 0 Å². The Bertz CT molecular complexity index is 2490. The molecule has 4 aromatic heterocycles. The molecular weight excluding hydrogens is 665 g/mol. The number of likely N-dealkylation sites (N-methyl/N-ethyl adjacent to an activating group) is 2. The standard InChI is InChI=1S/C46H56N8/c1-31-27-37-39(29-33(31)3)49-45-43(47-37)35-17-11-13-19-41(35)51(45)21-25-53(5,6)23-15-9-10-16-24-54(7,8)26-22-52-42-20-14-12-18-36(42)44-46(52)50-40-30-34(4)32(2)28-38(40)48-44/h11-14,17-20,27-30H,9-10,15-16,21-26H2,1-8H3/q+2. The van der Waals surface area contributed by atoms with Crippen LogP contribution in [0.15, 0.2) is 72.8 Å². The molecular formula is C46H56N8+2. The highest BCUT2D eigenvalue weighted by molar-refractivity contribution is 6.07. The van der Waals surface area contributed by atoms with Gasteiger partial charge in [0.1, 0.15) is 11.0 Å². The quantitative estimate of drug-likeness (QED) is 0.0880. The minimum absolute atomic E-state index is 0.917. The molecule has 8 rings (SSSR count). The van der Waals surface area contributed by atoms with E-state index in [1.165, 1.54) is 82.8 Å². The molecule has 0 N–H and O–H groups in total. The molecule has 8 nitrogen and oxygen atoms in total. The number of hydrogen-bond acceptors (Lipinski definition) is 4. The van der Waals surface area contributed by atoms with Crippen LogP contribution in [0.4, 0.5) is 0 Å². The number of para-hydroxylation sites is 2. The number of fused-ring (bicyclic) bond motifs is 8. The fraction of sp³-hybridized carbons (Fsp3) is 0.391. The van der Waals surface area contributed by atoms with Crippen LogP contribution in [-0.2, 0) is 13.1 Å². The summed E-state index contributed by atoms with van der Waals surface area (Å²) >= 11 is 0. The van der Waals surface area contributed by atoms with E-state index in [0.29, 0.717) is 0 Å². The smallest absolute Gasteiger partial charge is 0.160 e. The fourth-order valence-electron chi connectivity index (χ4n) is 8.24. The maximum Gasteiger partial charge on any atom is 0.160 e. The van der Waals surface area contributed by atoms with E-state index in [4.69, 9.17) is 19.9 Å². The van der Waals surface area contributed by atoms with Crippen LogP contribution in [0.5, 0.6) is 0 Å². The van der Waals surface area contributed by atoms with Crippen molar-refractivity contribution in [2.24, 2.45) is 0 Å². The summed E-state index contributed by atoms with van der Waals surface area (Å²) in [5.74, 6) is 0. The monoisotopic (exact) mass is 720 g/mol. The number of hydrogen-bond donors (Lipinski definition) is 0. The minimum atomic E-state index is 0.917. The lowest BCUT2D eigenvalue weighted by atomic mass is 10.1. The highest BCUT2D eigenvalue weighted by atomic mass is 15.3. The Morgan fingerprint density at radius 2 is 0.796 bits per heavy atom. The molecule has 8 heteroatoms. The van der Waals surface area contributed by atoms with Crippen LogP contribution >= 0.6 is 0 Å². The predicted octanol–water partition coefficient (Wildman–Crippen LogP) is 9.44. The Hall–Kier alpha value is -4.92. The Labute approximate surface area is 319 Å². The van der Waals surface area contributed by atoms with Crippen molar-refractivity contribution in [3.8, 4) is 0 Å². The lowest BCUT2D eigenvalue weighted by molar-refractivity contribution is -0.891. The normalized spacial score (nSPS) is 12.8. The molecule has 0 saturated carbocycles. The van der Waals surface area contributed by atoms with Crippen LogP contribution < -0.4 is 0 Å². The summed E-state index contributed by atoms with van der Waals surface area (Å²) in [4.78, 5) is 20.6. The summed E-state index contributed by atoms with van der Waals surface area (Å²) in [5.41, 5.74) is 15.4. The molecule has 0 spiro atoms. The van der Waals surface area contributed by atoms with Gasteiger partial charge in [0.15, 0.2) is 11.3 Å². The van der Waals surface area contributed by atoms with Gasteiger partial charge in [-0.3, -0.25) is 0 Å². The fourth-order valence-corrected chi connectivity index (χ4v) is 8.24. The molecule has 0 aliphatic carbocycles. The van der Waals surface area contributed by atoms with Crippen molar-refractivity contribution in [2.45, 2.75) is 66.5 Å². The third-order valence-electron chi connectivity index (χ3n) is 12.1. The molecule has 0 aliphatic heterocycles. The molecule has 4 aromatic carbocycles. The molecule has 0 fully saturated rings. The van der Waals surface area contributed by atoms with Gasteiger partial charge in [0, 0.05) is 10.8 Å². The topological polar surface area (TPSA) is 61.4 Å². The SMILES string of the molecule is Cc1cc2nc3c4ccccc4n(CC[N+](C)(C)CCCCCC[N+](C)(C)CCn4c5ccccc5c5nc6cc(C)c(C)cc6nc54)c3nc2cc1C. The first-order valence-electron chi connectivity index (χ1n) is 19.8. The third-order valence-corrected chi connectivity index (χ3v) is 12.1. The number of aromatic nitrogens is 6. The van der Waals surface area contributed by atoms with Crippen molar-refractivity contribution in [2.75, 3.05) is 54.4 Å². The Morgan fingerprint density at radius 1 is 0.444 bits per heavy atom. The minimum Gasteiger partial charge on any atom is -0.327 e. The zero-order chi connectivity index (χ0) is 37.8. The molecule has 4 heterocycles. The molecule has 0 amide bonds. The van der Waals surface area contributed by atoms with Gasteiger partial charge in [-0.25, -0.2) is 19.9 Å². The maximum absolute atomic E-state index is 5.19. The zero-order valence-electron chi connectivity index (χ0n) is 33.6. The number of aryl methyl sites for hydroxylation is 4. The predicted molar refractivity (Wildman–Crippen MR) is 226 cm³/mol. The highest BCUT2D eigenvalue weighted by Gasteiger charge is 2.22. The zero-order valence-corrected chi connectivity index (χ0v) is 33.6. The first-order valence-corrected chi connectivity index (χ1v) is 19.8. The summed E-state index contributed by atoms with van der Waals surface area (Å²) in [6, 6.07) is 26.0. The van der Waals surface area contributed by atoms with E-state index in [1.54, 1.807) is 0 Å². The van der Waals surface area contributed by atoms with Gasteiger partial charge in [-0.1, -0.05) is 36.4 Å². The summed E-state index contributed by atoms with van der Waals surface area (Å²) in [5, 5.41) is 2.38. The first kappa shape index (κ1) is 36.1. The van der Waals surface area contributed by atoms with Crippen molar-refractivity contribution < 1.29 is 8.97 Å². The molecule has 278 valence electrons. The molecule has 0 aliphatic rings. The number of quaternary nitrogens is 2. The van der Waals surface area contributed by atoms with Crippen LogP contribution in [0.25, 0.3) is 66.2 Å². The van der Waals surface area contributed by atoms with Crippen molar-refractivity contribution in [3.63, 3.8) is 0 Å². The van der Waals surface area contributed by atoms with E-state index in [2.05, 4.69) is 138 Å². The Kier molecular flexibility index (Phi) is 9.39. The van der Waals surface area contributed by atoms with Crippen LogP contribution in [0.1, 0.15) is 47.9 Å². The summed E-state index contributed by atoms with van der Waals surface area (Å²) in [6.45, 7) is 14.9. The second kappa shape index (κ2) is 14.1.